The standard InChI is InChI=1S/C28H26N6O4S2/c35-39(36,33-22-7-1-5-20(16-22)27-29-12-13-30-27)24-10-11-25-19(18-24)4-3-9-26(25)40(37,38)34-23-8-2-6-21(17-23)28-31-14-15-32-28/h1-11,16-18,33-34H,12-15H2,(H,29,30)(H,31,32). The van der Waals surface area contributed by atoms with E-state index in [1.54, 1.807) is 48.5 Å². The minimum atomic E-state index is -3.98. The van der Waals surface area contributed by atoms with Gasteiger partial charge in [0.05, 0.1) is 22.9 Å². The number of aliphatic imine (C=N–C) groups is 2. The summed E-state index contributed by atoms with van der Waals surface area (Å²) in [5, 5.41) is 7.23. The van der Waals surface area contributed by atoms with E-state index in [1.807, 2.05) is 12.1 Å². The Bertz CT molecular complexity index is 1900. The average Bonchev–Trinajstić information content (AvgIpc) is 3.68. The summed E-state index contributed by atoms with van der Waals surface area (Å²) in [6.45, 7) is 2.84. The van der Waals surface area contributed by atoms with Gasteiger partial charge in [-0.3, -0.25) is 19.4 Å². The van der Waals surface area contributed by atoms with Crippen molar-refractivity contribution in [3.63, 3.8) is 0 Å². The van der Waals surface area contributed by atoms with Crippen LogP contribution in [-0.2, 0) is 20.0 Å². The third-order valence-corrected chi connectivity index (χ3v) is 9.35. The third-order valence-electron chi connectivity index (χ3n) is 6.54. The first-order chi connectivity index (χ1) is 19.3. The molecule has 6 rings (SSSR count). The van der Waals surface area contributed by atoms with E-state index in [2.05, 4.69) is 30.1 Å². The van der Waals surface area contributed by atoms with Gasteiger partial charge in [-0.2, -0.15) is 0 Å². The summed E-state index contributed by atoms with van der Waals surface area (Å²) in [5.41, 5.74) is 2.37. The van der Waals surface area contributed by atoms with Crippen LogP contribution in [-0.4, -0.2) is 54.7 Å². The van der Waals surface area contributed by atoms with Crippen LogP contribution >= 0.6 is 0 Å². The van der Waals surface area contributed by atoms with E-state index in [0.717, 1.165) is 35.9 Å². The van der Waals surface area contributed by atoms with Gasteiger partial charge in [-0.15, -0.1) is 0 Å². The van der Waals surface area contributed by atoms with Gasteiger partial charge in [0.1, 0.15) is 11.7 Å². The Hall–Kier alpha value is -4.42. The van der Waals surface area contributed by atoms with Crippen molar-refractivity contribution in [2.45, 2.75) is 9.79 Å². The molecule has 4 aromatic rings. The Morgan fingerprint density at radius 2 is 1.20 bits per heavy atom. The van der Waals surface area contributed by atoms with Crippen LogP contribution in [0.5, 0.6) is 0 Å². The van der Waals surface area contributed by atoms with E-state index in [9.17, 15) is 16.8 Å². The molecule has 2 aliphatic rings. The van der Waals surface area contributed by atoms with Gasteiger partial charge in [0, 0.05) is 41.0 Å². The number of rotatable bonds is 8. The number of fused-ring (bicyclic) bond motifs is 1. The SMILES string of the molecule is O=S(=O)(Nc1cccc(C2=NCCN2)c1)c1ccc2c(S(=O)(=O)Nc3cccc(C4=NCCN4)c3)cccc2c1. The fourth-order valence-corrected chi connectivity index (χ4v) is 7.07. The van der Waals surface area contributed by atoms with Crippen LogP contribution in [0.15, 0.2) is 105 Å². The lowest BCUT2D eigenvalue weighted by Crippen LogP contribution is -2.20. The fraction of sp³-hybridized carbons (Fsp3) is 0.143. The van der Waals surface area contributed by atoms with Crippen LogP contribution in [0.3, 0.4) is 0 Å². The summed E-state index contributed by atoms with van der Waals surface area (Å²) < 4.78 is 58.6. The summed E-state index contributed by atoms with van der Waals surface area (Å²) in [6.07, 6.45) is 0. The fourth-order valence-electron chi connectivity index (χ4n) is 4.70. The molecule has 4 aromatic carbocycles. The number of nitrogens with zero attached hydrogens (tertiary/aromatic N) is 2. The molecule has 0 atom stereocenters. The smallest absolute Gasteiger partial charge is 0.262 e. The van der Waals surface area contributed by atoms with Gasteiger partial charge in [0.25, 0.3) is 20.0 Å². The summed E-state index contributed by atoms with van der Waals surface area (Å²) >= 11 is 0. The third kappa shape index (κ3) is 5.23. The zero-order chi connectivity index (χ0) is 27.7. The lowest BCUT2D eigenvalue weighted by atomic mass is 10.1. The Balaban J connectivity index is 1.27. The van der Waals surface area contributed by atoms with Crippen LogP contribution < -0.4 is 20.1 Å². The maximum Gasteiger partial charge on any atom is 0.262 e. The van der Waals surface area contributed by atoms with E-state index in [-0.39, 0.29) is 9.79 Å². The number of hydrogen-bond acceptors (Lipinski definition) is 8. The quantitative estimate of drug-likeness (QED) is 0.255. The lowest BCUT2D eigenvalue weighted by molar-refractivity contribution is 0.600. The second kappa shape index (κ2) is 10.3. The topological polar surface area (TPSA) is 141 Å². The normalized spacial score (nSPS) is 15.2. The van der Waals surface area contributed by atoms with Crippen molar-refractivity contribution in [3.05, 3.63) is 96.1 Å². The molecule has 0 saturated heterocycles. The number of amidine groups is 2. The Morgan fingerprint density at radius 3 is 1.77 bits per heavy atom. The summed E-state index contributed by atoms with van der Waals surface area (Å²) in [5.74, 6) is 1.45. The first-order valence-corrected chi connectivity index (χ1v) is 15.6. The maximum atomic E-state index is 13.4. The molecule has 0 fully saturated rings. The number of hydrogen-bond donors (Lipinski definition) is 4. The molecule has 2 aliphatic heterocycles. The van der Waals surface area contributed by atoms with Gasteiger partial charge >= 0.3 is 0 Å². The van der Waals surface area contributed by atoms with Gasteiger partial charge < -0.3 is 10.6 Å². The van der Waals surface area contributed by atoms with E-state index in [0.29, 0.717) is 35.2 Å². The second-order valence-corrected chi connectivity index (χ2v) is 12.7. The molecular weight excluding hydrogens is 548 g/mol. The molecule has 0 unspecified atom stereocenters. The highest BCUT2D eigenvalue weighted by atomic mass is 32.2. The van der Waals surface area contributed by atoms with Crippen molar-refractivity contribution in [2.24, 2.45) is 9.98 Å². The van der Waals surface area contributed by atoms with Gasteiger partial charge in [-0.25, -0.2) is 16.8 Å². The molecule has 0 bridgehead atoms. The summed E-state index contributed by atoms with van der Waals surface area (Å²) in [6, 6.07) is 23.2. The largest absolute Gasteiger partial charge is 0.368 e. The minimum absolute atomic E-state index is 0.0155. The van der Waals surface area contributed by atoms with Crippen molar-refractivity contribution in [1.82, 2.24) is 10.6 Å². The van der Waals surface area contributed by atoms with Gasteiger partial charge in [-0.05, 0) is 47.9 Å². The van der Waals surface area contributed by atoms with Crippen molar-refractivity contribution >= 4 is 53.9 Å². The first-order valence-electron chi connectivity index (χ1n) is 12.6. The Labute approximate surface area is 232 Å². The average molecular weight is 575 g/mol. The lowest BCUT2D eigenvalue weighted by Gasteiger charge is -2.13. The highest BCUT2D eigenvalue weighted by Crippen LogP contribution is 2.28. The zero-order valence-electron chi connectivity index (χ0n) is 21.3. The van der Waals surface area contributed by atoms with E-state index in [4.69, 9.17) is 0 Å². The highest BCUT2D eigenvalue weighted by Gasteiger charge is 2.21. The molecule has 2 heterocycles. The number of nitrogens with one attached hydrogen (secondary N) is 4. The first kappa shape index (κ1) is 25.8. The predicted molar refractivity (Wildman–Crippen MR) is 157 cm³/mol. The van der Waals surface area contributed by atoms with Crippen LogP contribution in [0.25, 0.3) is 10.8 Å². The predicted octanol–water partition coefficient (Wildman–Crippen LogP) is 3.14. The molecule has 0 aliphatic carbocycles. The maximum absolute atomic E-state index is 13.4. The monoisotopic (exact) mass is 574 g/mol. The van der Waals surface area contributed by atoms with Crippen LogP contribution in [0.4, 0.5) is 11.4 Å². The van der Waals surface area contributed by atoms with Crippen LogP contribution in [0.1, 0.15) is 11.1 Å². The van der Waals surface area contributed by atoms with Crippen LogP contribution in [0.2, 0.25) is 0 Å². The molecule has 40 heavy (non-hydrogen) atoms. The van der Waals surface area contributed by atoms with E-state index < -0.39 is 20.0 Å². The molecule has 12 heteroatoms. The molecule has 204 valence electrons. The van der Waals surface area contributed by atoms with E-state index >= 15 is 0 Å². The van der Waals surface area contributed by atoms with Crippen molar-refractivity contribution in [3.8, 4) is 0 Å². The van der Waals surface area contributed by atoms with Crippen molar-refractivity contribution in [1.29, 1.82) is 0 Å². The molecule has 0 saturated carbocycles. The number of benzene rings is 4. The molecule has 0 spiro atoms. The van der Waals surface area contributed by atoms with E-state index in [1.165, 1.54) is 24.3 Å². The molecular formula is C28H26N6O4S2. The van der Waals surface area contributed by atoms with Gasteiger partial charge in [-0.1, -0.05) is 42.5 Å². The molecule has 10 nitrogen and oxygen atoms in total. The van der Waals surface area contributed by atoms with Gasteiger partial charge in [0.2, 0.25) is 0 Å². The highest BCUT2D eigenvalue weighted by molar-refractivity contribution is 7.93. The molecule has 0 amide bonds. The molecule has 0 aromatic heterocycles. The second-order valence-electron chi connectivity index (χ2n) is 9.33. The Morgan fingerprint density at radius 1 is 0.625 bits per heavy atom. The van der Waals surface area contributed by atoms with Gasteiger partial charge in [0.15, 0.2) is 0 Å². The summed E-state index contributed by atoms with van der Waals surface area (Å²) in [4.78, 5) is 8.82. The zero-order valence-corrected chi connectivity index (χ0v) is 22.9. The molecule has 0 radical (unpaired) electrons. The minimum Gasteiger partial charge on any atom is -0.368 e. The van der Waals surface area contributed by atoms with Crippen LogP contribution in [0, 0.1) is 0 Å². The number of sulfonamides is 2. The molecule has 4 N–H and O–H groups in total. The Kier molecular flexibility index (Phi) is 6.64. The summed E-state index contributed by atoms with van der Waals surface area (Å²) in [7, 11) is -7.93. The van der Waals surface area contributed by atoms with Crippen molar-refractivity contribution in [2.75, 3.05) is 35.6 Å². The van der Waals surface area contributed by atoms with Crippen molar-refractivity contribution < 1.29 is 16.8 Å². The number of anilines is 2.